The molecular weight excluding hydrogens is 180 g/mol. The Balaban J connectivity index is 2.03. The molecule has 1 N–H and O–H groups in total. The van der Waals surface area contributed by atoms with E-state index in [9.17, 15) is 9.90 Å². The highest BCUT2D eigenvalue weighted by molar-refractivity contribution is 5.77. The molecule has 2 saturated carbocycles. The van der Waals surface area contributed by atoms with E-state index >= 15 is 0 Å². The number of carbonyl (C=O) groups excluding carboxylic acids is 1. The molecule has 2 aliphatic carbocycles. The standard InChI is InChI=1S/C11H16O3/c1-2-11-4-6(3-8(11)12)7-5-14-10(13)9(7)11/h6-9,12H,2-5H2,1H3. The minimum absolute atomic E-state index is 0.00116. The molecule has 3 nitrogen and oxygen atoms in total. The van der Waals surface area contributed by atoms with Crippen LogP contribution >= 0.6 is 0 Å². The summed E-state index contributed by atoms with van der Waals surface area (Å²) in [5, 5.41) is 10.0. The van der Waals surface area contributed by atoms with Gasteiger partial charge in [0.1, 0.15) is 0 Å². The van der Waals surface area contributed by atoms with Crippen molar-refractivity contribution in [2.24, 2.45) is 23.2 Å². The number of fused-ring (bicyclic) bond motifs is 5. The Morgan fingerprint density at radius 3 is 3.14 bits per heavy atom. The van der Waals surface area contributed by atoms with Gasteiger partial charge in [0.2, 0.25) is 0 Å². The number of hydrogen-bond acceptors (Lipinski definition) is 3. The third-order valence-electron chi connectivity index (χ3n) is 4.82. The summed E-state index contributed by atoms with van der Waals surface area (Å²) in [5.74, 6) is 0.881. The van der Waals surface area contributed by atoms with Gasteiger partial charge in [0.05, 0.1) is 18.6 Å². The molecule has 0 aromatic rings. The molecule has 0 aromatic carbocycles. The van der Waals surface area contributed by atoms with Crippen molar-refractivity contribution in [3.8, 4) is 0 Å². The van der Waals surface area contributed by atoms with Crippen molar-refractivity contribution in [2.75, 3.05) is 6.61 Å². The first kappa shape index (κ1) is 8.72. The van der Waals surface area contributed by atoms with E-state index in [0.717, 1.165) is 19.3 Å². The Morgan fingerprint density at radius 2 is 2.43 bits per heavy atom. The van der Waals surface area contributed by atoms with Crippen molar-refractivity contribution >= 4 is 5.97 Å². The number of carbonyl (C=O) groups is 1. The molecule has 78 valence electrons. The largest absolute Gasteiger partial charge is 0.465 e. The lowest BCUT2D eigenvalue weighted by molar-refractivity contribution is -0.147. The fraction of sp³-hybridized carbons (Fsp3) is 0.909. The van der Waals surface area contributed by atoms with Crippen LogP contribution in [0.3, 0.4) is 0 Å². The first-order valence-electron chi connectivity index (χ1n) is 5.54. The Morgan fingerprint density at radius 1 is 1.64 bits per heavy atom. The normalized spacial score (nSPS) is 54.9. The topological polar surface area (TPSA) is 46.5 Å². The predicted molar refractivity (Wildman–Crippen MR) is 49.4 cm³/mol. The van der Waals surface area contributed by atoms with E-state index in [0.29, 0.717) is 18.4 Å². The van der Waals surface area contributed by atoms with E-state index in [1.54, 1.807) is 0 Å². The lowest BCUT2D eigenvalue weighted by Gasteiger charge is -2.36. The zero-order valence-electron chi connectivity index (χ0n) is 8.40. The van der Waals surface area contributed by atoms with Crippen molar-refractivity contribution < 1.29 is 14.6 Å². The Hall–Kier alpha value is -0.570. The van der Waals surface area contributed by atoms with Gasteiger partial charge in [-0.15, -0.1) is 0 Å². The van der Waals surface area contributed by atoms with E-state index in [-0.39, 0.29) is 23.4 Å². The molecule has 0 radical (unpaired) electrons. The third kappa shape index (κ3) is 0.761. The van der Waals surface area contributed by atoms with E-state index in [1.165, 1.54) is 0 Å². The molecule has 5 atom stereocenters. The molecule has 0 aromatic heterocycles. The van der Waals surface area contributed by atoms with Crippen LogP contribution in [0.15, 0.2) is 0 Å². The number of cyclic esters (lactones) is 1. The molecular formula is C11H16O3. The summed E-state index contributed by atoms with van der Waals surface area (Å²) in [6.45, 7) is 2.68. The van der Waals surface area contributed by atoms with Crippen molar-refractivity contribution in [3.05, 3.63) is 0 Å². The van der Waals surface area contributed by atoms with Gasteiger partial charge in [-0.1, -0.05) is 6.92 Å². The molecule has 3 rings (SSSR count). The molecule has 1 heterocycles. The second-order valence-corrected chi connectivity index (χ2v) is 5.07. The summed E-state index contributed by atoms with van der Waals surface area (Å²) in [4.78, 5) is 11.6. The predicted octanol–water partition coefficient (Wildman–Crippen LogP) is 0.956. The fourth-order valence-corrected chi connectivity index (χ4v) is 4.10. The minimum Gasteiger partial charge on any atom is -0.465 e. The van der Waals surface area contributed by atoms with Crippen LogP contribution in [0, 0.1) is 23.2 Å². The highest BCUT2D eigenvalue weighted by Crippen LogP contribution is 2.64. The van der Waals surface area contributed by atoms with Crippen molar-refractivity contribution in [1.29, 1.82) is 0 Å². The number of hydrogen-bond donors (Lipinski definition) is 1. The van der Waals surface area contributed by atoms with Gasteiger partial charge in [-0.25, -0.2) is 0 Å². The van der Waals surface area contributed by atoms with Gasteiger partial charge < -0.3 is 9.84 Å². The van der Waals surface area contributed by atoms with Crippen LogP contribution in [0.25, 0.3) is 0 Å². The zero-order valence-corrected chi connectivity index (χ0v) is 8.40. The number of rotatable bonds is 1. The van der Waals surface area contributed by atoms with Crippen LogP contribution in [-0.2, 0) is 9.53 Å². The molecule has 1 saturated heterocycles. The molecule has 5 unspecified atom stereocenters. The van der Waals surface area contributed by atoms with Gasteiger partial charge in [-0.05, 0) is 25.2 Å². The average Bonchev–Trinajstić information content (AvgIpc) is 2.76. The van der Waals surface area contributed by atoms with Gasteiger partial charge in [-0.3, -0.25) is 4.79 Å². The first-order chi connectivity index (χ1) is 6.69. The Labute approximate surface area is 83.4 Å². The zero-order chi connectivity index (χ0) is 9.92. The van der Waals surface area contributed by atoms with Gasteiger partial charge in [0.15, 0.2) is 0 Å². The number of aliphatic hydroxyl groups excluding tert-OH is 1. The molecule has 1 aliphatic heterocycles. The number of esters is 1. The second kappa shape index (κ2) is 2.51. The Bertz CT molecular complexity index is 288. The summed E-state index contributed by atoms with van der Waals surface area (Å²) in [5.41, 5.74) is -0.136. The molecule has 0 spiro atoms. The van der Waals surface area contributed by atoms with Crippen LogP contribution in [-0.4, -0.2) is 23.8 Å². The van der Waals surface area contributed by atoms with Gasteiger partial charge in [-0.2, -0.15) is 0 Å². The number of ether oxygens (including phenoxy) is 1. The van der Waals surface area contributed by atoms with Gasteiger partial charge >= 0.3 is 5.97 Å². The van der Waals surface area contributed by atoms with Crippen molar-refractivity contribution in [1.82, 2.24) is 0 Å². The minimum atomic E-state index is -0.274. The summed E-state index contributed by atoms with van der Waals surface area (Å²) in [7, 11) is 0. The lowest BCUT2D eigenvalue weighted by atomic mass is 9.68. The first-order valence-corrected chi connectivity index (χ1v) is 5.54. The van der Waals surface area contributed by atoms with E-state index < -0.39 is 0 Å². The van der Waals surface area contributed by atoms with E-state index in [1.807, 2.05) is 0 Å². The third-order valence-corrected chi connectivity index (χ3v) is 4.82. The van der Waals surface area contributed by atoms with Crippen LogP contribution in [0.4, 0.5) is 0 Å². The fourth-order valence-electron chi connectivity index (χ4n) is 4.10. The Kier molecular flexibility index (Phi) is 1.56. The summed E-state index contributed by atoms with van der Waals surface area (Å²) >= 11 is 0. The molecule has 3 aliphatic rings. The van der Waals surface area contributed by atoms with E-state index in [2.05, 4.69) is 6.92 Å². The van der Waals surface area contributed by atoms with Crippen LogP contribution in [0.1, 0.15) is 26.2 Å². The highest BCUT2D eigenvalue weighted by atomic mass is 16.5. The molecule has 2 bridgehead atoms. The van der Waals surface area contributed by atoms with Gasteiger partial charge in [0, 0.05) is 11.3 Å². The monoisotopic (exact) mass is 196 g/mol. The summed E-state index contributed by atoms with van der Waals surface area (Å²) in [6, 6.07) is 0. The van der Waals surface area contributed by atoms with Crippen molar-refractivity contribution in [2.45, 2.75) is 32.3 Å². The highest BCUT2D eigenvalue weighted by Gasteiger charge is 2.66. The molecule has 3 heteroatoms. The average molecular weight is 196 g/mol. The quantitative estimate of drug-likeness (QED) is 0.635. The number of aliphatic hydroxyl groups is 1. The summed E-state index contributed by atoms with van der Waals surface area (Å²) < 4.78 is 5.13. The van der Waals surface area contributed by atoms with E-state index in [4.69, 9.17) is 4.74 Å². The SMILES string of the molecule is CCC12CC(CC1O)C1COC(=O)C12. The molecule has 3 fully saturated rings. The maximum absolute atomic E-state index is 11.6. The van der Waals surface area contributed by atoms with Crippen LogP contribution in [0.2, 0.25) is 0 Å². The van der Waals surface area contributed by atoms with Gasteiger partial charge in [0.25, 0.3) is 0 Å². The maximum Gasteiger partial charge on any atom is 0.310 e. The lowest BCUT2D eigenvalue weighted by Crippen LogP contribution is -2.42. The van der Waals surface area contributed by atoms with Crippen LogP contribution < -0.4 is 0 Å². The smallest absolute Gasteiger partial charge is 0.310 e. The van der Waals surface area contributed by atoms with Crippen LogP contribution in [0.5, 0.6) is 0 Å². The maximum atomic E-state index is 11.6. The summed E-state index contributed by atoms with van der Waals surface area (Å²) in [6.07, 6.45) is 2.55. The molecule has 14 heavy (non-hydrogen) atoms. The second-order valence-electron chi connectivity index (χ2n) is 5.07. The van der Waals surface area contributed by atoms with Crippen molar-refractivity contribution in [3.63, 3.8) is 0 Å². The molecule has 0 amide bonds.